The second kappa shape index (κ2) is 11.0. The molecule has 0 saturated heterocycles. The maximum Gasteiger partial charge on any atom is 0.120 e. The molecule has 2 radical (unpaired) electrons. The van der Waals surface area contributed by atoms with E-state index in [0.717, 1.165) is 29.7 Å². The van der Waals surface area contributed by atoms with Crippen LogP contribution < -0.4 is 21.6 Å². The zero-order valence-corrected chi connectivity index (χ0v) is 23.9. The van der Waals surface area contributed by atoms with Crippen LogP contribution in [0.15, 0.2) is 72.0 Å². The Bertz CT molecular complexity index is 1720. The smallest absolute Gasteiger partial charge is 0.120 e. The largest absolute Gasteiger partial charge is 0.378 e. The Morgan fingerprint density at radius 3 is 2.71 bits per heavy atom. The fourth-order valence-corrected chi connectivity index (χ4v) is 6.21. The van der Waals surface area contributed by atoms with Gasteiger partial charge in [-0.3, -0.25) is 9.99 Å². The molecule has 0 amide bonds. The average molecular weight is 577 g/mol. The lowest BCUT2D eigenvalue weighted by molar-refractivity contribution is 0.260. The number of halogens is 1. The van der Waals surface area contributed by atoms with E-state index in [2.05, 4.69) is 57.8 Å². The van der Waals surface area contributed by atoms with Crippen molar-refractivity contribution in [1.29, 1.82) is 10.5 Å². The first-order valence-corrected chi connectivity index (χ1v) is 14.6. The number of rotatable bonds is 9. The Morgan fingerprint density at radius 2 is 2.02 bits per heavy atom. The summed E-state index contributed by atoms with van der Waals surface area (Å²) in [6.45, 7) is 2.10. The van der Waals surface area contributed by atoms with E-state index in [1.165, 1.54) is 11.3 Å². The Kier molecular flexibility index (Phi) is 7.23. The summed E-state index contributed by atoms with van der Waals surface area (Å²) in [5.41, 5.74) is 9.83. The molecule has 0 bridgehead atoms. The van der Waals surface area contributed by atoms with Crippen LogP contribution in [0.3, 0.4) is 0 Å². The number of nitrogens with one attached hydrogen (secondary N) is 4. The normalized spacial score (nSPS) is 16.7. The van der Waals surface area contributed by atoms with Crippen LogP contribution in [0.5, 0.6) is 0 Å². The summed E-state index contributed by atoms with van der Waals surface area (Å²) in [6.07, 6.45) is 6.53. The van der Waals surface area contributed by atoms with E-state index >= 15 is 0 Å². The molecule has 2 aromatic heterocycles. The van der Waals surface area contributed by atoms with Crippen molar-refractivity contribution >= 4 is 53.1 Å². The van der Waals surface area contributed by atoms with Crippen molar-refractivity contribution in [2.75, 3.05) is 10.6 Å². The number of hydrogen-bond donors (Lipinski definition) is 4. The summed E-state index contributed by atoms with van der Waals surface area (Å²) < 4.78 is 0. The van der Waals surface area contributed by atoms with Crippen molar-refractivity contribution in [3.63, 3.8) is 0 Å². The molecule has 1 saturated carbocycles. The number of hydrogen-bond acceptors (Lipinski definition) is 9. The highest BCUT2D eigenvalue weighted by Crippen LogP contribution is 2.40. The van der Waals surface area contributed by atoms with Crippen molar-refractivity contribution in [3.8, 4) is 12.1 Å². The molecule has 2 aromatic carbocycles. The van der Waals surface area contributed by atoms with Crippen molar-refractivity contribution < 1.29 is 0 Å². The zero-order chi connectivity index (χ0) is 28.6. The molecule has 6 rings (SSSR count). The predicted molar refractivity (Wildman–Crippen MR) is 164 cm³/mol. The number of hydrazine groups is 2. The lowest BCUT2D eigenvalue weighted by Crippen LogP contribution is -2.45. The third-order valence-electron chi connectivity index (χ3n) is 7.39. The van der Waals surface area contributed by atoms with Gasteiger partial charge in [0.05, 0.1) is 44.5 Å². The summed E-state index contributed by atoms with van der Waals surface area (Å²) in [6, 6.07) is 20.5. The van der Waals surface area contributed by atoms with Crippen LogP contribution in [0.2, 0.25) is 5.02 Å². The van der Waals surface area contributed by atoms with Gasteiger partial charge in [-0.25, -0.2) is 0 Å². The summed E-state index contributed by atoms with van der Waals surface area (Å²) in [5.74, 6) is 0. The van der Waals surface area contributed by atoms with Crippen molar-refractivity contribution in [1.82, 2.24) is 21.0 Å². The number of aromatic nitrogens is 1. The lowest BCUT2D eigenvalue weighted by Gasteiger charge is -2.33. The van der Waals surface area contributed by atoms with E-state index in [4.69, 9.17) is 19.4 Å². The summed E-state index contributed by atoms with van der Waals surface area (Å²) in [7, 11) is 7.14. The monoisotopic (exact) mass is 576 g/mol. The first kappa shape index (κ1) is 27.0. The van der Waals surface area contributed by atoms with Crippen LogP contribution in [-0.2, 0) is 5.44 Å². The van der Waals surface area contributed by atoms with E-state index < -0.39 is 5.44 Å². The Hall–Kier alpha value is -4.22. The van der Waals surface area contributed by atoms with Crippen LogP contribution in [-0.4, -0.2) is 23.9 Å². The van der Waals surface area contributed by atoms with Gasteiger partial charge in [0.2, 0.25) is 0 Å². The highest BCUT2D eigenvalue weighted by Gasteiger charge is 2.38. The van der Waals surface area contributed by atoms with Crippen LogP contribution in [0.4, 0.5) is 11.4 Å². The fraction of sp³-hybridized carbons (Fsp3) is 0.233. The lowest BCUT2D eigenvalue weighted by atomic mass is 9.73. The molecule has 41 heavy (non-hydrogen) atoms. The fourth-order valence-electron chi connectivity index (χ4n) is 5.02. The Morgan fingerprint density at radius 1 is 1.22 bits per heavy atom. The molecule has 0 spiro atoms. The van der Waals surface area contributed by atoms with Gasteiger partial charge in [0.15, 0.2) is 0 Å². The Balaban J connectivity index is 1.44. The SMILES string of the molecule is [B][C@@](Nc1cc(Cl)c2ncc(C#N)c(N[C@H](CC)c3ccccc3)c2c1)(C1=CN(C2CC2)NN1)c1cc(C#N)cs1. The van der Waals surface area contributed by atoms with Crippen molar-refractivity contribution in [2.45, 2.75) is 43.7 Å². The van der Waals surface area contributed by atoms with E-state index in [1.54, 1.807) is 23.7 Å². The van der Waals surface area contributed by atoms with E-state index in [0.29, 0.717) is 50.2 Å². The zero-order valence-electron chi connectivity index (χ0n) is 22.3. The number of nitriles is 2. The summed E-state index contributed by atoms with van der Waals surface area (Å²) >= 11 is 8.21. The minimum Gasteiger partial charge on any atom is -0.378 e. The van der Waals surface area contributed by atoms with Gasteiger partial charge in [-0.1, -0.05) is 48.9 Å². The first-order chi connectivity index (χ1) is 19.9. The third kappa shape index (κ3) is 5.18. The molecule has 1 aliphatic heterocycles. The number of thiophene rings is 1. The topological polar surface area (TPSA) is 112 Å². The molecule has 202 valence electrons. The average Bonchev–Trinajstić information content (AvgIpc) is 3.50. The van der Waals surface area contributed by atoms with Crippen LogP contribution >= 0.6 is 22.9 Å². The minimum atomic E-state index is -1.21. The predicted octanol–water partition coefficient (Wildman–Crippen LogP) is 6.02. The van der Waals surface area contributed by atoms with Gasteiger partial charge in [0.1, 0.15) is 20.0 Å². The highest BCUT2D eigenvalue weighted by molar-refractivity contribution is 7.10. The van der Waals surface area contributed by atoms with Gasteiger partial charge in [-0.05, 0) is 43.0 Å². The molecule has 1 aliphatic carbocycles. The number of benzene rings is 2. The molecule has 2 aliphatic rings. The maximum atomic E-state index is 10.0. The van der Waals surface area contributed by atoms with E-state index in [-0.39, 0.29) is 6.04 Å². The van der Waals surface area contributed by atoms with Gasteiger partial charge in [-0.2, -0.15) is 10.5 Å². The number of anilines is 2. The number of nitrogens with zero attached hydrogens (tertiary/aromatic N) is 4. The van der Waals surface area contributed by atoms with Gasteiger partial charge < -0.3 is 16.1 Å². The number of pyridine rings is 1. The second-order valence-corrected chi connectivity index (χ2v) is 11.5. The first-order valence-electron chi connectivity index (χ1n) is 13.4. The second-order valence-electron chi connectivity index (χ2n) is 10.2. The van der Waals surface area contributed by atoms with Gasteiger partial charge in [0, 0.05) is 39.8 Å². The van der Waals surface area contributed by atoms with Gasteiger partial charge in [-0.15, -0.1) is 16.9 Å². The molecule has 11 heteroatoms. The molecule has 1 fully saturated rings. The maximum absolute atomic E-state index is 10.0. The van der Waals surface area contributed by atoms with Gasteiger partial charge >= 0.3 is 0 Å². The molecule has 4 N–H and O–H groups in total. The van der Waals surface area contributed by atoms with Crippen molar-refractivity contribution in [3.05, 3.63) is 98.6 Å². The molecule has 2 atom stereocenters. The minimum absolute atomic E-state index is 0.0271. The van der Waals surface area contributed by atoms with E-state index in [1.807, 2.05) is 35.5 Å². The molecular weight excluding hydrogens is 551 g/mol. The third-order valence-corrected chi connectivity index (χ3v) is 8.74. The van der Waals surface area contributed by atoms with E-state index in [9.17, 15) is 10.5 Å². The van der Waals surface area contributed by atoms with Crippen molar-refractivity contribution in [2.24, 2.45) is 0 Å². The number of fused-ring (bicyclic) bond motifs is 1. The summed E-state index contributed by atoms with van der Waals surface area (Å²) in [4.78, 5) is 5.26. The molecule has 8 nitrogen and oxygen atoms in total. The van der Waals surface area contributed by atoms with Crippen LogP contribution in [0.1, 0.15) is 53.8 Å². The quantitative estimate of drug-likeness (QED) is 0.179. The molecule has 4 aromatic rings. The Labute approximate surface area is 249 Å². The molecular formula is C30H26BClN8S. The van der Waals surface area contributed by atoms with Gasteiger partial charge in [0.25, 0.3) is 0 Å². The molecule has 3 heterocycles. The molecule has 0 unspecified atom stereocenters. The van der Waals surface area contributed by atoms with Crippen LogP contribution in [0.25, 0.3) is 10.9 Å². The standard InChI is InChI=1S/C30H26BClN8S/c1-2-25(19-6-4-3-5-7-19)36-28-20(14-34)15-35-29-23(28)11-21(12-24(29)32)37-30(31,27-10-18(13-33)17-41-27)26-16-40(39-38-26)22-8-9-22/h3-7,10-12,15-17,22,25,37-39H,2,8-9H2,1H3,(H,35,36)/t25-,30-/m1/s1. The highest BCUT2D eigenvalue weighted by atomic mass is 35.5. The summed E-state index contributed by atoms with van der Waals surface area (Å²) in [5, 5.41) is 31.5. The van der Waals surface area contributed by atoms with Crippen LogP contribution in [0, 0.1) is 22.7 Å².